The number of nitrogens with two attached hydrogens (primary N) is 1. The average molecular weight is 296 g/mol. The summed E-state index contributed by atoms with van der Waals surface area (Å²) in [6.07, 6.45) is 0. The molecule has 0 unspecified atom stereocenters. The van der Waals surface area contributed by atoms with Crippen LogP contribution in [0.5, 0.6) is 5.75 Å². The number of methoxy groups -OCH3 is 1. The van der Waals surface area contributed by atoms with Crippen LogP contribution in [0.3, 0.4) is 0 Å². The molecule has 106 valence electrons. The second-order valence-electron chi connectivity index (χ2n) is 4.02. The number of halogens is 1. The van der Waals surface area contributed by atoms with E-state index in [4.69, 9.17) is 10.5 Å². The van der Waals surface area contributed by atoms with Crippen LogP contribution in [-0.4, -0.2) is 15.5 Å². The predicted octanol–water partition coefficient (Wildman–Crippen LogP) is 2.22. The zero-order chi connectivity index (χ0) is 14.8. The van der Waals surface area contributed by atoms with E-state index in [0.29, 0.717) is 5.75 Å². The van der Waals surface area contributed by atoms with E-state index in [1.165, 1.54) is 31.4 Å². The van der Waals surface area contributed by atoms with Gasteiger partial charge in [-0.25, -0.2) is 12.8 Å². The molecule has 2 rings (SSSR count). The van der Waals surface area contributed by atoms with Crippen molar-refractivity contribution in [1.29, 1.82) is 0 Å². The highest BCUT2D eigenvalue weighted by Crippen LogP contribution is 2.22. The third-order valence-electron chi connectivity index (χ3n) is 2.60. The number of nitrogen functional groups attached to an aromatic ring is 1. The lowest BCUT2D eigenvalue weighted by Crippen LogP contribution is -2.13. The number of hydrogen-bond donors (Lipinski definition) is 2. The zero-order valence-electron chi connectivity index (χ0n) is 10.6. The normalized spacial score (nSPS) is 11.1. The summed E-state index contributed by atoms with van der Waals surface area (Å²) in [6.45, 7) is 0. The minimum atomic E-state index is -3.78. The molecule has 5 nitrogen and oxygen atoms in total. The van der Waals surface area contributed by atoms with Crippen molar-refractivity contribution in [3.05, 3.63) is 48.3 Å². The summed E-state index contributed by atoms with van der Waals surface area (Å²) in [5.41, 5.74) is 5.45. The smallest absolute Gasteiger partial charge is 0.262 e. The van der Waals surface area contributed by atoms with E-state index in [1.54, 1.807) is 12.1 Å². The maximum absolute atomic E-state index is 13.0. The van der Waals surface area contributed by atoms with Crippen LogP contribution in [-0.2, 0) is 10.0 Å². The van der Waals surface area contributed by atoms with Crippen molar-refractivity contribution in [2.45, 2.75) is 4.90 Å². The van der Waals surface area contributed by atoms with Crippen LogP contribution in [0, 0.1) is 5.82 Å². The Kier molecular flexibility index (Phi) is 3.80. The second-order valence-corrected chi connectivity index (χ2v) is 5.70. The standard InChI is InChI=1S/C13H13FN2O3S/c1-19-10-3-2-4-11(8-10)20(17,18)16-9-5-6-12(14)13(15)7-9/h2-8,16H,15H2,1H3. The molecular formula is C13H13FN2O3S. The first kappa shape index (κ1) is 14.1. The number of rotatable bonds is 4. The lowest BCUT2D eigenvalue weighted by Gasteiger charge is -2.10. The maximum Gasteiger partial charge on any atom is 0.262 e. The van der Waals surface area contributed by atoms with Gasteiger partial charge < -0.3 is 10.5 Å². The van der Waals surface area contributed by atoms with Gasteiger partial charge in [0.25, 0.3) is 10.0 Å². The number of sulfonamides is 1. The number of benzene rings is 2. The van der Waals surface area contributed by atoms with Gasteiger partial charge >= 0.3 is 0 Å². The van der Waals surface area contributed by atoms with E-state index >= 15 is 0 Å². The molecule has 0 aliphatic rings. The van der Waals surface area contributed by atoms with Gasteiger partial charge in [0.05, 0.1) is 23.4 Å². The Hall–Kier alpha value is -2.28. The van der Waals surface area contributed by atoms with Crippen LogP contribution in [0.15, 0.2) is 47.4 Å². The lowest BCUT2D eigenvalue weighted by atomic mass is 10.3. The Morgan fingerprint density at radius 3 is 2.60 bits per heavy atom. The van der Waals surface area contributed by atoms with Crippen LogP contribution in [0.25, 0.3) is 0 Å². The first-order chi connectivity index (χ1) is 9.42. The molecule has 7 heteroatoms. The first-order valence-corrected chi connectivity index (χ1v) is 7.12. The SMILES string of the molecule is COc1cccc(S(=O)(=O)Nc2ccc(F)c(N)c2)c1. The molecular weight excluding hydrogens is 283 g/mol. The number of hydrogen-bond acceptors (Lipinski definition) is 4. The van der Waals surface area contributed by atoms with Crippen LogP contribution in [0.2, 0.25) is 0 Å². The Morgan fingerprint density at radius 2 is 1.95 bits per heavy atom. The molecule has 0 aliphatic heterocycles. The molecule has 0 radical (unpaired) electrons. The van der Waals surface area contributed by atoms with Crippen LogP contribution >= 0.6 is 0 Å². The van der Waals surface area contributed by atoms with Gasteiger partial charge in [0.1, 0.15) is 11.6 Å². The highest BCUT2D eigenvalue weighted by Gasteiger charge is 2.15. The quantitative estimate of drug-likeness (QED) is 0.848. The average Bonchev–Trinajstić information content (AvgIpc) is 2.43. The molecule has 0 aliphatic carbocycles. The summed E-state index contributed by atoms with van der Waals surface area (Å²) in [5, 5.41) is 0. The Bertz CT molecular complexity index is 732. The highest BCUT2D eigenvalue weighted by molar-refractivity contribution is 7.92. The highest BCUT2D eigenvalue weighted by atomic mass is 32.2. The van der Waals surface area contributed by atoms with Crippen molar-refractivity contribution in [3.8, 4) is 5.75 Å². The second kappa shape index (κ2) is 5.38. The predicted molar refractivity (Wildman–Crippen MR) is 74.6 cm³/mol. The van der Waals surface area contributed by atoms with Crippen LogP contribution in [0.4, 0.5) is 15.8 Å². The van der Waals surface area contributed by atoms with Crippen molar-refractivity contribution in [2.24, 2.45) is 0 Å². The summed E-state index contributed by atoms with van der Waals surface area (Å²) in [4.78, 5) is 0.0414. The van der Waals surface area contributed by atoms with Crippen molar-refractivity contribution < 1.29 is 17.5 Å². The van der Waals surface area contributed by atoms with Gasteiger partial charge in [-0.1, -0.05) is 6.07 Å². The Balaban J connectivity index is 2.32. The molecule has 3 N–H and O–H groups in total. The first-order valence-electron chi connectivity index (χ1n) is 5.64. The molecule has 0 spiro atoms. The van der Waals surface area contributed by atoms with Gasteiger partial charge in [-0.2, -0.15) is 0 Å². The molecule has 0 amide bonds. The van der Waals surface area contributed by atoms with Crippen molar-refractivity contribution in [3.63, 3.8) is 0 Å². The molecule has 0 heterocycles. The van der Waals surface area contributed by atoms with Gasteiger partial charge in [0.15, 0.2) is 0 Å². The summed E-state index contributed by atoms with van der Waals surface area (Å²) < 4.78 is 44.7. The van der Waals surface area contributed by atoms with Crippen molar-refractivity contribution in [1.82, 2.24) is 0 Å². The zero-order valence-corrected chi connectivity index (χ0v) is 11.4. The fraction of sp³-hybridized carbons (Fsp3) is 0.0769. The number of ether oxygens (including phenoxy) is 1. The van der Waals surface area contributed by atoms with Crippen LogP contribution in [0.1, 0.15) is 0 Å². The Morgan fingerprint density at radius 1 is 1.20 bits per heavy atom. The summed E-state index contributed by atoms with van der Waals surface area (Å²) >= 11 is 0. The Labute approximate surface area is 116 Å². The van der Waals surface area contributed by atoms with E-state index in [-0.39, 0.29) is 16.3 Å². The largest absolute Gasteiger partial charge is 0.497 e. The maximum atomic E-state index is 13.0. The molecule has 0 bridgehead atoms. The van der Waals surface area contributed by atoms with E-state index in [0.717, 1.165) is 6.07 Å². The monoisotopic (exact) mass is 296 g/mol. The molecule has 0 fully saturated rings. The van der Waals surface area contributed by atoms with Crippen molar-refractivity contribution in [2.75, 3.05) is 17.6 Å². The third-order valence-corrected chi connectivity index (χ3v) is 3.98. The van der Waals surface area contributed by atoms with E-state index in [1.807, 2.05) is 0 Å². The third kappa shape index (κ3) is 3.00. The van der Waals surface area contributed by atoms with E-state index in [9.17, 15) is 12.8 Å². The summed E-state index contributed by atoms with van der Waals surface area (Å²) in [7, 11) is -2.34. The molecule has 2 aromatic carbocycles. The molecule has 0 atom stereocenters. The summed E-state index contributed by atoms with van der Waals surface area (Å²) in [5.74, 6) is -0.180. The molecule has 2 aromatic rings. The van der Waals surface area contributed by atoms with Gasteiger partial charge in [-0.15, -0.1) is 0 Å². The molecule has 0 saturated carbocycles. The lowest BCUT2D eigenvalue weighted by molar-refractivity contribution is 0.413. The fourth-order valence-corrected chi connectivity index (χ4v) is 2.67. The summed E-state index contributed by atoms with van der Waals surface area (Å²) in [6, 6.07) is 9.61. The van der Waals surface area contributed by atoms with E-state index < -0.39 is 15.8 Å². The number of nitrogens with one attached hydrogen (secondary N) is 1. The minimum Gasteiger partial charge on any atom is -0.497 e. The number of anilines is 2. The van der Waals surface area contributed by atoms with Crippen LogP contribution < -0.4 is 15.2 Å². The molecule has 0 aromatic heterocycles. The molecule has 0 saturated heterocycles. The molecule has 20 heavy (non-hydrogen) atoms. The topological polar surface area (TPSA) is 81.4 Å². The van der Waals surface area contributed by atoms with Crippen molar-refractivity contribution >= 4 is 21.4 Å². The van der Waals surface area contributed by atoms with Gasteiger partial charge in [-0.05, 0) is 30.3 Å². The van der Waals surface area contributed by atoms with Gasteiger partial charge in [0, 0.05) is 6.07 Å². The van der Waals surface area contributed by atoms with E-state index in [2.05, 4.69) is 4.72 Å². The van der Waals surface area contributed by atoms with Gasteiger partial charge in [-0.3, -0.25) is 4.72 Å². The minimum absolute atomic E-state index is 0.0414. The van der Waals surface area contributed by atoms with Gasteiger partial charge in [0.2, 0.25) is 0 Å². The fourth-order valence-electron chi connectivity index (χ4n) is 1.59.